The number of carbonyl (C=O) groups excluding carboxylic acids is 4. The Kier molecular flexibility index (Phi) is 7.86. The predicted molar refractivity (Wildman–Crippen MR) is 130 cm³/mol. The Bertz CT molecular complexity index is 1090. The highest BCUT2D eigenvalue weighted by Gasteiger charge is 2.33. The number of hydrogen-bond acceptors (Lipinski definition) is 4. The molecule has 3 rings (SSSR count). The van der Waals surface area contributed by atoms with Gasteiger partial charge in [0.1, 0.15) is 17.8 Å². The van der Waals surface area contributed by atoms with E-state index in [0.717, 1.165) is 11.8 Å². The Morgan fingerprint density at radius 3 is 2.56 bits per heavy atom. The van der Waals surface area contributed by atoms with Crippen molar-refractivity contribution in [3.05, 3.63) is 35.0 Å². The fraction of sp³-hybridized carbons (Fsp3) is 0.500. The summed E-state index contributed by atoms with van der Waals surface area (Å²) in [6.45, 7) is 6.43. The highest BCUT2D eigenvalue weighted by molar-refractivity contribution is 6.35. The van der Waals surface area contributed by atoms with Gasteiger partial charge in [-0.05, 0) is 43.2 Å². The number of carbonyl (C=O) groups is 4. The van der Waals surface area contributed by atoms with E-state index < -0.39 is 35.7 Å². The largest absolute Gasteiger partial charge is 0.368 e. The van der Waals surface area contributed by atoms with Crippen molar-refractivity contribution in [1.29, 1.82) is 0 Å². The van der Waals surface area contributed by atoms with E-state index in [-0.39, 0.29) is 23.4 Å². The van der Waals surface area contributed by atoms with Gasteiger partial charge >= 0.3 is 0 Å². The second-order valence-electron chi connectivity index (χ2n) is 10.0. The van der Waals surface area contributed by atoms with Crippen LogP contribution in [0.4, 0.5) is 0 Å². The zero-order valence-electron chi connectivity index (χ0n) is 19.7. The smallest absolute Gasteiger partial charge is 0.268 e. The maximum Gasteiger partial charge on any atom is 0.268 e. The van der Waals surface area contributed by atoms with Crippen LogP contribution in [0.1, 0.15) is 56.9 Å². The quantitative estimate of drug-likeness (QED) is 0.387. The fourth-order valence-corrected chi connectivity index (χ4v) is 4.39. The lowest BCUT2D eigenvalue weighted by Crippen LogP contribution is -2.55. The van der Waals surface area contributed by atoms with Crippen molar-refractivity contribution in [2.24, 2.45) is 17.1 Å². The lowest BCUT2D eigenvalue weighted by atomic mass is 9.87. The molecule has 0 bridgehead atoms. The van der Waals surface area contributed by atoms with Gasteiger partial charge in [0.2, 0.25) is 17.7 Å². The first-order valence-electron chi connectivity index (χ1n) is 11.4. The van der Waals surface area contributed by atoms with Gasteiger partial charge < -0.3 is 26.7 Å². The molecule has 3 atom stereocenters. The number of nitrogens with two attached hydrogens (primary N) is 1. The fourth-order valence-electron chi connectivity index (χ4n) is 4.16. The van der Waals surface area contributed by atoms with Gasteiger partial charge in [0.05, 0.1) is 10.5 Å². The molecule has 2 aromatic rings. The number of amides is 4. The predicted octanol–water partition coefficient (Wildman–Crippen LogP) is 2.24. The summed E-state index contributed by atoms with van der Waals surface area (Å²) in [4.78, 5) is 53.4. The molecule has 0 aliphatic carbocycles. The summed E-state index contributed by atoms with van der Waals surface area (Å²) < 4.78 is 0. The third-order valence-corrected chi connectivity index (χ3v) is 6.18. The number of nitrogens with one attached hydrogen (secondary N) is 4. The van der Waals surface area contributed by atoms with Gasteiger partial charge in [0, 0.05) is 17.8 Å². The van der Waals surface area contributed by atoms with Gasteiger partial charge in [-0.25, -0.2) is 0 Å². The third kappa shape index (κ3) is 6.50. The molecular weight excluding hydrogens is 458 g/mol. The first-order chi connectivity index (χ1) is 15.9. The topological polar surface area (TPSA) is 146 Å². The zero-order chi connectivity index (χ0) is 25.0. The van der Waals surface area contributed by atoms with Crippen LogP contribution in [0.5, 0.6) is 0 Å². The highest BCUT2D eigenvalue weighted by Crippen LogP contribution is 2.25. The third-order valence-electron chi connectivity index (χ3n) is 5.87. The van der Waals surface area contributed by atoms with E-state index >= 15 is 0 Å². The number of benzene rings is 1. The van der Waals surface area contributed by atoms with Crippen LogP contribution in [-0.2, 0) is 14.4 Å². The minimum Gasteiger partial charge on any atom is -0.368 e. The van der Waals surface area contributed by atoms with Gasteiger partial charge in [-0.15, -0.1) is 0 Å². The van der Waals surface area contributed by atoms with Crippen molar-refractivity contribution < 1.29 is 19.2 Å². The number of fused-ring (bicyclic) bond motifs is 1. The Morgan fingerprint density at radius 1 is 1.21 bits per heavy atom. The number of piperidine rings is 1. The average molecular weight is 490 g/mol. The summed E-state index contributed by atoms with van der Waals surface area (Å²) in [5, 5.41) is 9.45. The van der Waals surface area contributed by atoms with Crippen LogP contribution in [0, 0.1) is 11.3 Å². The van der Waals surface area contributed by atoms with Crippen LogP contribution in [0.25, 0.3) is 10.9 Å². The summed E-state index contributed by atoms with van der Waals surface area (Å²) in [6.07, 6.45) is 1.86. The summed E-state index contributed by atoms with van der Waals surface area (Å²) in [6, 6.07) is 5.05. The maximum atomic E-state index is 13.2. The SMILES string of the molecule is CC(C)(C)C[C@H](NC(=O)c1cc2cccc(Cl)c2[nH]1)C(=O)N[C@@H](C[C@@H]1CCCNC1=O)C(N)=O. The van der Waals surface area contributed by atoms with E-state index in [1.54, 1.807) is 18.2 Å². The molecule has 1 aliphatic heterocycles. The molecule has 1 fully saturated rings. The molecule has 184 valence electrons. The molecule has 10 heteroatoms. The second-order valence-corrected chi connectivity index (χ2v) is 10.4. The molecular formula is C24H32ClN5O4. The van der Waals surface area contributed by atoms with E-state index in [9.17, 15) is 19.2 Å². The molecule has 4 amide bonds. The molecule has 34 heavy (non-hydrogen) atoms. The van der Waals surface area contributed by atoms with Crippen LogP contribution in [0.2, 0.25) is 5.02 Å². The van der Waals surface area contributed by atoms with Crippen molar-refractivity contribution in [2.45, 2.75) is 58.5 Å². The highest BCUT2D eigenvalue weighted by atomic mass is 35.5. The van der Waals surface area contributed by atoms with Gasteiger partial charge in [0.25, 0.3) is 5.91 Å². The Hall–Kier alpha value is -3.07. The van der Waals surface area contributed by atoms with E-state index in [2.05, 4.69) is 20.9 Å². The lowest BCUT2D eigenvalue weighted by molar-refractivity contribution is -0.131. The monoisotopic (exact) mass is 489 g/mol. The summed E-state index contributed by atoms with van der Waals surface area (Å²) in [5.74, 6) is -2.28. The molecule has 0 spiro atoms. The standard InChI is InChI=1S/C24H32ClN5O4/c1-24(2,3)12-18(30-22(33)17-10-13-6-4-8-15(25)19(13)28-17)23(34)29-16(20(26)31)11-14-7-5-9-27-21(14)32/h4,6,8,10,14,16,18,28H,5,7,9,11-12H2,1-3H3,(H2,26,31)(H,27,32)(H,29,34)(H,30,33)/t14-,16-,18-/m0/s1. The van der Waals surface area contributed by atoms with E-state index in [1.165, 1.54) is 0 Å². The summed E-state index contributed by atoms with van der Waals surface area (Å²) in [5.41, 5.74) is 6.13. The molecule has 1 saturated heterocycles. The van der Waals surface area contributed by atoms with Gasteiger partial charge in [-0.1, -0.05) is 44.5 Å². The molecule has 1 aromatic carbocycles. The minimum absolute atomic E-state index is 0.115. The minimum atomic E-state index is -1.02. The van der Waals surface area contributed by atoms with Gasteiger partial charge in [-0.2, -0.15) is 0 Å². The van der Waals surface area contributed by atoms with Crippen molar-refractivity contribution in [3.8, 4) is 0 Å². The van der Waals surface area contributed by atoms with Crippen LogP contribution in [0.3, 0.4) is 0 Å². The number of para-hydroxylation sites is 1. The van der Waals surface area contributed by atoms with Gasteiger partial charge in [0.15, 0.2) is 0 Å². The molecule has 2 heterocycles. The molecule has 1 aromatic heterocycles. The van der Waals surface area contributed by atoms with Crippen molar-refractivity contribution >= 4 is 46.1 Å². The van der Waals surface area contributed by atoms with Crippen LogP contribution in [-0.4, -0.2) is 47.2 Å². The van der Waals surface area contributed by atoms with Crippen molar-refractivity contribution in [1.82, 2.24) is 20.9 Å². The first-order valence-corrected chi connectivity index (χ1v) is 11.8. The Morgan fingerprint density at radius 2 is 1.94 bits per heavy atom. The van der Waals surface area contributed by atoms with E-state index in [1.807, 2.05) is 26.8 Å². The molecule has 0 saturated carbocycles. The van der Waals surface area contributed by atoms with E-state index in [0.29, 0.717) is 29.9 Å². The molecule has 0 unspecified atom stereocenters. The number of rotatable bonds is 8. The molecule has 1 aliphatic rings. The lowest BCUT2D eigenvalue weighted by Gasteiger charge is -2.29. The van der Waals surface area contributed by atoms with Gasteiger partial charge in [-0.3, -0.25) is 19.2 Å². The molecule has 0 radical (unpaired) electrons. The van der Waals surface area contributed by atoms with Crippen LogP contribution >= 0.6 is 11.6 Å². The number of H-pyrrole nitrogens is 1. The average Bonchev–Trinajstić information content (AvgIpc) is 3.19. The number of aromatic nitrogens is 1. The van der Waals surface area contributed by atoms with Crippen molar-refractivity contribution in [3.63, 3.8) is 0 Å². The molecule has 9 nitrogen and oxygen atoms in total. The summed E-state index contributed by atoms with van der Waals surface area (Å²) >= 11 is 6.20. The van der Waals surface area contributed by atoms with Crippen LogP contribution < -0.4 is 21.7 Å². The Labute approximate surface area is 203 Å². The Balaban J connectivity index is 1.76. The number of primary amides is 1. The maximum absolute atomic E-state index is 13.2. The number of aromatic amines is 1. The second kappa shape index (κ2) is 10.5. The normalized spacial score (nSPS) is 18.1. The summed E-state index contributed by atoms with van der Waals surface area (Å²) in [7, 11) is 0. The van der Waals surface area contributed by atoms with Crippen LogP contribution in [0.15, 0.2) is 24.3 Å². The van der Waals surface area contributed by atoms with E-state index in [4.69, 9.17) is 17.3 Å². The zero-order valence-corrected chi connectivity index (χ0v) is 20.4. The molecule has 6 N–H and O–H groups in total. The first kappa shape index (κ1) is 25.6. The number of halogens is 1. The van der Waals surface area contributed by atoms with Crippen molar-refractivity contribution in [2.75, 3.05) is 6.54 Å². The number of hydrogen-bond donors (Lipinski definition) is 5.